The van der Waals surface area contributed by atoms with Gasteiger partial charge in [0.1, 0.15) is 17.7 Å². The summed E-state index contributed by atoms with van der Waals surface area (Å²) in [5, 5.41) is 12.3. The van der Waals surface area contributed by atoms with E-state index in [1.54, 1.807) is 24.3 Å². The third-order valence-electron chi connectivity index (χ3n) is 6.00. The zero-order valence-electron chi connectivity index (χ0n) is 19.5. The largest absolute Gasteiger partial charge is 0.496 e. The van der Waals surface area contributed by atoms with Gasteiger partial charge in [-0.25, -0.2) is 8.78 Å². The monoisotopic (exact) mass is 477 g/mol. The van der Waals surface area contributed by atoms with Gasteiger partial charge >= 0.3 is 0 Å². The van der Waals surface area contributed by atoms with Crippen LogP contribution in [0.3, 0.4) is 0 Å². The fourth-order valence-corrected chi connectivity index (χ4v) is 4.24. The Morgan fingerprint density at radius 1 is 1.11 bits per heavy atom. The number of nitriles is 1. The molecule has 1 amide bonds. The van der Waals surface area contributed by atoms with Crippen molar-refractivity contribution in [1.29, 1.82) is 5.26 Å². The molecule has 6 nitrogen and oxygen atoms in total. The number of ether oxygens (including phenoxy) is 2. The zero-order chi connectivity index (χ0) is 24.9. The Balaban J connectivity index is 1.51. The summed E-state index contributed by atoms with van der Waals surface area (Å²) in [7, 11) is 1.52. The van der Waals surface area contributed by atoms with Gasteiger partial charge in [-0.2, -0.15) is 5.26 Å². The summed E-state index contributed by atoms with van der Waals surface area (Å²) in [6.07, 6.45) is 0.991. The van der Waals surface area contributed by atoms with Gasteiger partial charge in [0.15, 0.2) is 11.6 Å². The molecule has 0 saturated carbocycles. The molecule has 3 aromatic carbocycles. The maximum absolute atomic E-state index is 14.0. The number of para-hydroxylation sites is 1. The van der Waals surface area contributed by atoms with Crippen molar-refractivity contribution in [2.24, 2.45) is 0 Å². The molecule has 0 bridgehead atoms. The number of anilines is 2. The lowest BCUT2D eigenvalue weighted by Gasteiger charge is -2.35. The molecule has 0 aliphatic carbocycles. The Morgan fingerprint density at radius 3 is 2.57 bits per heavy atom. The first kappa shape index (κ1) is 24.0. The van der Waals surface area contributed by atoms with Crippen molar-refractivity contribution in [2.75, 3.05) is 30.4 Å². The van der Waals surface area contributed by atoms with Crippen LogP contribution in [0.4, 0.5) is 20.2 Å². The van der Waals surface area contributed by atoms with Crippen molar-refractivity contribution >= 4 is 17.3 Å². The molecule has 35 heavy (non-hydrogen) atoms. The van der Waals surface area contributed by atoms with Gasteiger partial charge in [-0.05, 0) is 48.9 Å². The quantitative estimate of drug-likeness (QED) is 0.511. The Labute approximate surface area is 202 Å². The van der Waals surface area contributed by atoms with Crippen LogP contribution in [-0.4, -0.2) is 32.2 Å². The van der Waals surface area contributed by atoms with E-state index in [2.05, 4.69) is 16.3 Å². The molecular weight excluding hydrogens is 452 g/mol. The summed E-state index contributed by atoms with van der Waals surface area (Å²) in [4.78, 5) is 15.2. The number of nitrogens with zero attached hydrogens (tertiary/aromatic N) is 2. The van der Waals surface area contributed by atoms with Crippen LogP contribution in [0.1, 0.15) is 34.3 Å². The Morgan fingerprint density at radius 2 is 1.89 bits per heavy atom. The Bertz CT molecular complexity index is 1280. The standard InChI is InChI=1S/C27H25F2N3O3/c1-17-4-3-5-21(26(17)34-2)27(33)31-23-14-18(16-30)6-8-24(23)32-12-10-20(11-13-32)35-25-9-7-19(28)15-22(25)29/h3-9,14-15,20H,10-13H2,1-2H3,(H,31,33). The molecule has 0 aromatic heterocycles. The number of aryl methyl sites for hydroxylation is 1. The number of hydrogen-bond acceptors (Lipinski definition) is 5. The van der Waals surface area contributed by atoms with Gasteiger partial charge in [0.2, 0.25) is 0 Å². The SMILES string of the molecule is COc1c(C)cccc1C(=O)Nc1cc(C#N)ccc1N1CCC(Oc2ccc(F)cc2F)CC1. The fraction of sp³-hybridized carbons (Fsp3) is 0.259. The van der Waals surface area contributed by atoms with Crippen molar-refractivity contribution in [2.45, 2.75) is 25.9 Å². The number of carbonyl (C=O) groups is 1. The zero-order valence-corrected chi connectivity index (χ0v) is 19.5. The molecule has 1 N–H and O–H groups in total. The highest BCUT2D eigenvalue weighted by molar-refractivity contribution is 6.08. The highest BCUT2D eigenvalue weighted by atomic mass is 19.1. The molecule has 180 valence electrons. The van der Waals surface area contributed by atoms with E-state index in [4.69, 9.17) is 9.47 Å². The van der Waals surface area contributed by atoms with Crippen LogP contribution in [-0.2, 0) is 0 Å². The van der Waals surface area contributed by atoms with Crippen molar-refractivity contribution < 1.29 is 23.0 Å². The average Bonchev–Trinajstić information content (AvgIpc) is 2.86. The lowest BCUT2D eigenvalue weighted by molar-refractivity contribution is 0.102. The first-order chi connectivity index (χ1) is 16.9. The van der Waals surface area contributed by atoms with Gasteiger partial charge in [0, 0.05) is 32.0 Å². The highest BCUT2D eigenvalue weighted by Crippen LogP contribution is 2.32. The first-order valence-corrected chi connectivity index (χ1v) is 11.3. The van der Waals surface area contributed by atoms with Crippen molar-refractivity contribution in [3.8, 4) is 17.6 Å². The second-order valence-electron chi connectivity index (χ2n) is 8.33. The molecule has 1 aliphatic rings. The van der Waals surface area contributed by atoms with Crippen LogP contribution in [0.2, 0.25) is 0 Å². The normalized spacial score (nSPS) is 13.7. The number of benzene rings is 3. The highest BCUT2D eigenvalue weighted by Gasteiger charge is 2.24. The van der Waals surface area contributed by atoms with Crippen molar-refractivity contribution in [1.82, 2.24) is 0 Å². The first-order valence-electron chi connectivity index (χ1n) is 11.3. The van der Waals surface area contributed by atoms with Crippen LogP contribution >= 0.6 is 0 Å². The van der Waals surface area contributed by atoms with Crippen LogP contribution in [0.5, 0.6) is 11.5 Å². The van der Waals surface area contributed by atoms with Crippen LogP contribution in [0, 0.1) is 29.9 Å². The molecule has 1 aliphatic heterocycles. The number of carbonyl (C=O) groups excluding carboxylic acids is 1. The van der Waals surface area contributed by atoms with Gasteiger partial charge in [-0.3, -0.25) is 4.79 Å². The number of halogens is 2. The van der Waals surface area contributed by atoms with Gasteiger partial charge in [0.25, 0.3) is 5.91 Å². The second kappa shape index (κ2) is 10.4. The van der Waals surface area contributed by atoms with Gasteiger partial charge in [0.05, 0.1) is 35.7 Å². The molecule has 8 heteroatoms. The summed E-state index contributed by atoms with van der Waals surface area (Å²) in [5.74, 6) is -1.19. The van der Waals surface area contributed by atoms with E-state index in [-0.39, 0.29) is 17.8 Å². The number of nitrogens with one attached hydrogen (secondary N) is 1. The second-order valence-corrected chi connectivity index (χ2v) is 8.33. The topological polar surface area (TPSA) is 74.6 Å². The predicted molar refractivity (Wildman–Crippen MR) is 129 cm³/mol. The molecule has 0 radical (unpaired) electrons. The van der Waals surface area contributed by atoms with Crippen LogP contribution in [0.15, 0.2) is 54.6 Å². The van der Waals surface area contributed by atoms with Crippen LogP contribution < -0.4 is 19.7 Å². The molecule has 3 aromatic rings. The Kier molecular flexibility index (Phi) is 7.16. The van der Waals surface area contributed by atoms with E-state index in [1.165, 1.54) is 19.2 Å². The smallest absolute Gasteiger partial charge is 0.259 e. The molecule has 0 atom stereocenters. The molecule has 4 rings (SSSR count). The molecule has 0 spiro atoms. The van der Waals surface area contributed by atoms with E-state index in [0.717, 1.165) is 17.3 Å². The van der Waals surface area contributed by atoms with Crippen LogP contribution in [0.25, 0.3) is 0 Å². The lowest BCUT2D eigenvalue weighted by atomic mass is 10.0. The third kappa shape index (κ3) is 5.35. The summed E-state index contributed by atoms with van der Waals surface area (Å²) >= 11 is 0. The molecule has 1 heterocycles. The number of amides is 1. The number of hydrogen-bond donors (Lipinski definition) is 1. The minimum atomic E-state index is -0.726. The third-order valence-corrected chi connectivity index (χ3v) is 6.00. The van der Waals surface area contributed by atoms with E-state index >= 15 is 0 Å². The molecule has 1 fully saturated rings. The van der Waals surface area contributed by atoms with E-state index < -0.39 is 11.6 Å². The van der Waals surface area contributed by atoms with E-state index in [0.29, 0.717) is 48.5 Å². The van der Waals surface area contributed by atoms with Crippen molar-refractivity contribution in [3.63, 3.8) is 0 Å². The number of rotatable bonds is 6. The van der Waals surface area contributed by atoms with Gasteiger partial charge < -0.3 is 19.7 Å². The predicted octanol–water partition coefficient (Wildman–Crippen LogP) is 5.45. The van der Waals surface area contributed by atoms with Gasteiger partial charge in [-0.15, -0.1) is 0 Å². The summed E-state index contributed by atoms with van der Waals surface area (Å²) in [6, 6.07) is 15.9. The van der Waals surface area contributed by atoms with E-state index in [9.17, 15) is 18.8 Å². The summed E-state index contributed by atoms with van der Waals surface area (Å²) < 4.78 is 38.3. The minimum Gasteiger partial charge on any atom is -0.496 e. The summed E-state index contributed by atoms with van der Waals surface area (Å²) in [6.45, 7) is 3.05. The summed E-state index contributed by atoms with van der Waals surface area (Å²) in [5.41, 5.74) is 2.95. The average molecular weight is 478 g/mol. The molecule has 0 unspecified atom stereocenters. The van der Waals surface area contributed by atoms with Gasteiger partial charge in [-0.1, -0.05) is 12.1 Å². The number of methoxy groups -OCH3 is 1. The maximum Gasteiger partial charge on any atom is 0.259 e. The molecular formula is C27H25F2N3O3. The Hall–Kier alpha value is -4.12. The maximum atomic E-state index is 14.0. The lowest BCUT2D eigenvalue weighted by Crippen LogP contribution is -2.38. The van der Waals surface area contributed by atoms with E-state index in [1.807, 2.05) is 19.1 Å². The fourth-order valence-electron chi connectivity index (χ4n) is 4.24. The molecule has 1 saturated heterocycles. The number of piperidine rings is 1. The minimum absolute atomic E-state index is 0.0308. The van der Waals surface area contributed by atoms with Crippen molar-refractivity contribution in [3.05, 3.63) is 82.9 Å².